The van der Waals surface area contributed by atoms with Crippen molar-refractivity contribution in [2.45, 2.75) is 0 Å². The topological polar surface area (TPSA) is 20.3 Å². The van der Waals surface area contributed by atoms with E-state index in [4.69, 9.17) is 0 Å². The molecule has 0 aliphatic carbocycles. The van der Waals surface area contributed by atoms with Crippen LogP contribution in [0.5, 0.6) is 0 Å². The van der Waals surface area contributed by atoms with Crippen LogP contribution >= 0.6 is 39.0 Å². The molecule has 0 N–H and O–H groups in total. The van der Waals surface area contributed by atoms with Crippen molar-refractivity contribution in [2.24, 2.45) is 0 Å². The number of nitrogens with zero attached hydrogens (tertiary/aromatic N) is 1. The van der Waals surface area contributed by atoms with E-state index in [-0.39, 0.29) is 5.91 Å². The second-order valence-corrected chi connectivity index (χ2v) is 6.27. The summed E-state index contributed by atoms with van der Waals surface area (Å²) in [5.74, 6) is 1.09. The van der Waals surface area contributed by atoms with Gasteiger partial charge in [0.1, 0.15) is 0 Å². The fourth-order valence-electron chi connectivity index (χ4n) is 0.947. The molecule has 0 aliphatic rings. The van der Waals surface area contributed by atoms with Gasteiger partial charge in [-0.05, 0) is 34.3 Å². The van der Waals surface area contributed by atoms with Crippen LogP contribution in [0.2, 0.25) is 0 Å². The number of carbonyl (C=O) groups excluding carboxylic acids is 1. The first-order valence-electron chi connectivity index (χ1n) is 4.15. The van der Waals surface area contributed by atoms with Crippen LogP contribution < -0.4 is 0 Å². The molecule has 0 bridgehead atoms. The number of thiophene rings is 1. The van der Waals surface area contributed by atoms with Crippen molar-refractivity contribution in [1.29, 1.82) is 0 Å². The molecule has 0 radical (unpaired) electrons. The molecular weight excluding hydrogens is 282 g/mol. The lowest BCUT2D eigenvalue weighted by Crippen LogP contribution is -2.28. The van der Waals surface area contributed by atoms with Gasteiger partial charge >= 0.3 is 0 Å². The van der Waals surface area contributed by atoms with E-state index in [0.717, 1.165) is 21.0 Å². The molecule has 14 heavy (non-hydrogen) atoms. The lowest BCUT2D eigenvalue weighted by molar-refractivity contribution is 0.0808. The van der Waals surface area contributed by atoms with Gasteiger partial charge in [0.15, 0.2) is 0 Å². The van der Waals surface area contributed by atoms with Gasteiger partial charge in [-0.2, -0.15) is 11.8 Å². The molecule has 1 aromatic rings. The zero-order chi connectivity index (χ0) is 10.6. The number of hydrogen-bond donors (Lipinski definition) is 0. The first-order chi connectivity index (χ1) is 6.65. The molecule has 0 aromatic carbocycles. The highest BCUT2D eigenvalue weighted by Crippen LogP contribution is 2.22. The molecular formula is C9H12BrNOS2. The summed E-state index contributed by atoms with van der Waals surface area (Å²) >= 11 is 6.57. The van der Waals surface area contributed by atoms with Gasteiger partial charge in [0, 0.05) is 19.3 Å². The van der Waals surface area contributed by atoms with Crippen LogP contribution in [-0.2, 0) is 0 Å². The molecule has 1 heterocycles. The zero-order valence-corrected chi connectivity index (χ0v) is 11.3. The lowest BCUT2D eigenvalue weighted by Gasteiger charge is -2.14. The third-order valence-electron chi connectivity index (χ3n) is 1.76. The van der Waals surface area contributed by atoms with E-state index in [1.165, 1.54) is 11.3 Å². The van der Waals surface area contributed by atoms with Crippen molar-refractivity contribution < 1.29 is 4.79 Å². The second kappa shape index (κ2) is 5.78. The first-order valence-corrected chi connectivity index (χ1v) is 7.15. The minimum Gasteiger partial charge on any atom is -0.340 e. The van der Waals surface area contributed by atoms with Gasteiger partial charge in [-0.15, -0.1) is 11.3 Å². The number of halogens is 1. The highest BCUT2D eigenvalue weighted by Gasteiger charge is 2.12. The predicted octanol–water partition coefficient (Wildman–Crippen LogP) is 2.95. The lowest BCUT2D eigenvalue weighted by atomic mass is 10.4. The van der Waals surface area contributed by atoms with E-state index in [1.54, 1.807) is 16.7 Å². The minimum absolute atomic E-state index is 0.106. The molecule has 2 nitrogen and oxygen atoms in total. The van der Waals surface area contributed by atoms with E-state index in [9.17, 15) is 4.79 Å². The van der Waals surface area contributed by atoms with Crippen LogP contribution in [0.4, 0.5) is 0 Å². The van der Waals surface area contributed by atoms with E-state index >= 15 is 0 Å². The molecule has 1 aromatic heterocycles. The van der Waals surface area contributed by atoms with Crippen LogP contribution in [-0.4, -0.2) is 36.4 Å². The van der Waals surface area contributed by atoms with E-state index in [2.05, 4.69) is 15.9 Å². The SMILES string of the molecule is CSCCN(C)C(=O)c1ccc(Br)s1. The number of rotatable bonds is 4. The van der Waals surface area contributed by atoms with Crippen LogP contribution in [0, 0.1) is 0 Å². The predicted molar refractivity (Wildman–Crippen MR) is 67.4 cm³/mol. The Hall–Kier alpha value is -0.0000000000000000833. The molecule has 0 unspecified atom stereocenters. The summed E-state index contributed by atoms with van der Waals surface area (Å²) in [5.41, 5.74) is 0. The van der Waals surface area contributed by atoms with Gasteiger partial charge in [-0.25, -0.2) is 0 Å². The summed E-state index contributed by atoms with van der Waals surface area (Å²) in [6.45, 7) is 0.801. The number of carbonyl (C=O) groups is 1. The summed E-state index contributed by atoms with van der Waals surface area (Å²) in [6, 6.07) is 3.76. The smallest absolute Gasteiger partial charge is 0.263 e. The number of thioether (sulfide) groups is 1. The van der Waals surface area contributed by atoms with Crippen LogP contribution in [0.15, 0.2) is 15.9 Å². The summed E-state index contributed by atoms with van der Waals surface area (Å²) in [4.78, 5) is 14.3. The Kier molecular flexibility index (Phi) is 4.98. The van der Waals surface area contributed by atoms with Crippen molar-refractivity contribution in [3.8, 4) is 0 Å². The van der Waals surface area contributed by atoms with Gasteiger partial charge in [0.05, 0.1) is 8.66 Å². The monoisotopic (exact) mass is 293 g/mol. The van der Waals surface area contributed by atoms with Crippen LogP contribution in [0.3, 0.4) is 0 Å². The summed E-state index contributed by atoms with van der Waals surface area (Å²) in [5, 5.41) is 0. The van der Waals surface area contributed by atoms with E-state index in [0.29, 0.717) is 0 Å². The van der Waals surface area contributed by atoms with Gasteiger partial charge in [0.25, 0.3) is 5.91 Å². The maximum absolute atomic E-state index is 11.8. The molecule has 78 valence electrons. The maximum atomic E-state index is 11.8. The molecule has 0 spiro atoms. The third kappa shape index (κ3) is 3.29. The van der Waals surface area contributed by atoms with Gasteiger partial charge in [-0.1, -0.05) is 0 Å². The molecule has 5 heteroatoms. The zero-order valence-electron chi connectivity index (χ0n) is 8.12. The minimum atomic E-state index is 0.106. The summed E-state index contributed by atoms with van der Waals surface area (Å²) < 4.78 is 0.999. The Morgan fingerprint density at radius 2 is 2.36 bits per heavy atom. The molecule has 0 saturated heterocycles. The maximum Gasteiger partial charge on any atom is 0.263 e. The number of amides is 1. The highest BCUT2D eigenvalue weighted by molar-refractivity contribution is 9.11. The van der Waals surface area contributed by atoms with Gasteiger partial charge in [0.2, 0.25) is 0 Å². The fourth-order valence-corrected chi connectivity index (χ4v) is 2.78. The Morgan fingerprint density at radius 1 is 1.64 bits per heavy atom. The number of hydrogen-bond acceptors (Lipinski definition) is 3. The van der Waals surface area contributed by atoms with Crippen LogP contribution in [0.1, 0.15) is 9.67 Å². The molecule has 1 amide bonds. The van der Waals surface area contributed by atoms with Gasteiger partial charge < -0.3 is 4.90 Å². The quantitative estimate of drug-likeness (QED) is 0.851. The Bertz CT molecular complexity index is 314. The molecule has 0 saturated carbocycles. The first kappa shape index (κ1) is 12.1. The largest absolute Gasteiger partial charge is 0.340 e. The Morgan fingerprint density at radius 3 is 2.86 bits per heavy atom. The second-order valence-electron chi connectivity index (χ2n) is 2.82. The average Bonchev–Trinajstić information content (AvgIpc) is 2.60. The standard InChI is InChI=1S/C9H12BrNOS2/c1-11(5-6-13-2)9(12)7-3-4-8(10)14-7/h3-4H,5-6H2,1-2H3. The molecule has 1 rings (SSSR count). The Balaban J connectivity index is 2.56. The summed E-state index contributed by atoms with van der Waals surface area (Å²) in [6.07, 6.45) is 2.04. The van der Waals surface area contributed by atoms with Crippen molar-refractivity contribution in [3.63, 3.8) is 0 Å². The van der Waals surface area contributed by atoms with Gasteiger partial charge in [-0.3, -0.25) is 4.79 Å². The van der Waals surface area contributed by atoms with Crippen molar-refractivity contribution in [2.75, 3.05) is 25.6 Å². The molecule has 0 fully saturated rings. The average molecular weight is 294 g/mol. The summed E-state index contributed by atoms with van der Waals surface area (Å²) in [7, 11) is 1.84. The van der Waals surface area contributed by atoms with Crippen molar-refractivity contribution >= 4 is 44.9 Å². The fraction of sp³-hybridized carbons (Fsp3) is 0.444. The molecule has 0 aliphatic heterocycles. The van der Waals surface area contributed by atoms with E-state index in [1.807, 2.05) is 25.4 Å². The van der Waals surface area contributed by atoms with Crippen LogP contribution in [0.25, 0.3) is 0 Å². The van der Waals surface area contributed by atoms with E-state index < -0.39 is 0 Å². The Labute approximate surface area is 101 Å². The van der Waals surface area contributed by atoms with Crippen molar-refractivity contribution in [3.05, 3.63) is 20.8 Å². The normalized spacial score (nSPS) is 10.2. The highest BCUT2D eigenvalue weighted by atomic mass is 79.9. The third-order valence-corrected chi connectivity index (χ3v) is 3.96. The molecule has 0 atom stereocenters. The van der Waals surface area contributed by atoms with Crippen molar-refractivity contribution in [1.82, 2.24) is 4.90 Å².